The van der Waals surface area contributed by atoms with Crippen molar-refractivity contribution in [2.45, 2.75) is 44.8 Å². The van der Waals surface area contributed by atoms with Crippen LogP contribution in [0.4, 0.5) is 18.9 Å². The molecule has 1 saturated heterocycles. The number of piperazine rings is 1. The summed E-state index contributed by atoms with van der Waals surface area (Å²) >= 11 is 0. The molecule has 12 nitrogen and oxygen atoms in total. The van der Waals surface area contributed by atoms with E-state index in [-0.39, 0.29) is 53.0 Å². The van der Waals surface area contributed by atoms with Crippen molar-refractivity contribution < 1.29 is 27.6 Å². The number of hydrogen-bond acceptors (Lipinski definition) is 7. The highest BCUT2D eigenvalue weighted by atomic mass is 19.4. The topological polar surface area (TPSA) is 166 Å². The number of carbonyl (C=O) groups excluding carboxylic acids is 3. The van der Waals surface area contributed by atoms with Gasteiger partial charge in [0.1, 0.15) is 0 Å². The number of hydrogen-bond donors (Lipinski definition) is 3. The zero-order valence-corrected chi connectivity index (χ0v) is 24.2. The van der Waals surface area contributed by atoms with E-state index in [0.29, 0.717) is 62.3 Å². The first-order valence-electron chi connectivity index (χ1n) is 14.2. The van der Waals surface area contributed by atoms with Crippen LogP contribution < -0.4 is 11.1 Å². The quantitative estimate of drug-likeness (QED) is 0.369. The molecule has 1 aliphatic carbocycles. The first-order valence-corrected chi connectivity index (χ1v) is 14.2. The Morgan fingerprint density at radius 3 is 2.45 bits per heavy atom. The lowest BCUT2D eigenvalue weighted by Crippen LogP contribution is -2.54. The zero-order chi connectivity index (χ0) is 31.8. The van der Waals surface area contributed by atoms with E-state index in [0.717, 1.165) is 6.20 Å². The number of aryl methyl sites for hydroxylation is 1. The van der Waals surface area contributed by atoms with Crippen LogP contribution in [0.3, 0.4) is 0 Å². The van der Waals surface area contributed by atoms with E-state index in [1.54, 1.807) is 34.1 Å². The molecule has 2 aromatic heterocycles. The molecule has 0 radical (unpaired) electrons. The monoisotopic (exact) mass is 611 g/mol. The summed E-state index contributed by atoms with van der Waals surface area (Å²) in [4.78, 5) is 46.7. The zero-order valence-electron chi connectivity index (χ0n) is 24.2. The van der Waals surface area contributed by atoms with Crippen molar-refractivity contribution in [1.29, 1.82) is 5.26 Å². The number of alkyl halides is 3. The van der Waals surface area contributed by atoms with E-state index >= 15 is 0 Å². The Balaban J connectivity index is 1.28. The minimum absolute atomic E-state index is 0.0249. The molecule has 44 heavy (non-hydrogen) atoms. The standard InChI is InChI=1S/C29H32F3N9O3/c1-3-16-14-19(4-5-20(16)28(44)41-10-8-40(9-11-41)27(43)17-12-18(34)13-17)36-26(42)25-35-15-22(39(25)2)23-21(6-7-33)37-38-24(23)29(30,31)32/h4-5,14-15,17-18H,3,6,8-13,34H2,1-2H3,(H,36,42)(H,37,38). The molecule has 0 bridgehead atoms. The number of aromatic amines is 1. The van der Waals surface area contributed by atoms with Gasteiger partial charge in [0.25, 0.3) is 11.8 Å². The number of benzene rings is 1. The summed E-state index contributed by atoms with van der Waals surface area (Å²) in [5.41, 5.74) is 5.75. The maximum Gasteiger partial charge on any atom is 0.435 e. The average Bonchev–Trinajstić information content (AvgIpc) is 3.58. The number of H-pyrrole nitrogens is 1. The Bertz CT molecular complexity index is 1620. The van der Waals surface area contributed by atoms with Crippen molar-refractivity contribution in [2.75, 3.05) is 31.5 Å². The van der Waals surface area contributed by atoms with E-state index in [1.165, 1.54) is 11.6 Å². The van der Waals surface area contributed by atoms with Gasteiger partial charge in [-0.25, -0.2) is 4.98 Å². The van der Waals surface area contributed by atoms with E-state index in [2.05, 4.69) is 20.5 Å². The van der Waals surface area contributed by atoms with Crippen molar-refractivity contribution in [3.05, 3.63) is 52.7 Å². The Kier molecular flexibility index (Phi) is 8.46. The minimum Gasteiger partial charge on any atom is -0.339 e. The molecule has 0 unspecified atom stereocenters. The molecule has 5 rings (SSSR count). The van der Waals surface area contributed by atoms with E-state index in [1.807, 2.05) is 6.92 Å². The van der Waals surface area contributed by atoms with Gasteiger partial charge in [-0.1, -0.05) is 6.92 Å². The second-order valence-corrected chi connectivity index (χ2v) is 11.0. The molecule has 232 valence electrons. The highest BCUT2D eigenvalue weighted by molar-refractivity contribution is 6.03. The van der Waals surface area contributed by atoms with Crippen LogP contribution in [-0.2, 0) is 30.9 Å². The van der Waals surface area contributed by atoms with Gasteiger partial charge in [0.05, 0.1) is 35.6 Å². The summed E-state index contributed by atoms with van der Waals surface area (Å²) in [5.74, 6) is -0.928. The molecule has 1 aromatic carbocycles. The largest absolute Gasteiger partial charge is 0.435 e. The number of rotatable bonds is 7. The van der Waals surface area contributed by atoms with Gasteiger partial charge in [0.15, 0.2) is 11.5 Å². The maximum absolute atomic E-state index is 13.6. The van der Waals surface area contributed by atoms with Crippen LogP contribution in [0.15, 0.2) is 24.4 Å². The fourth-order valence-electron chi connectivity index (χ4n) is 5.70. The van der Waals surface area contributed by atoms with Crippen LogP contribution in [0.5, 0.6) is 0 Å². The molecule has 3 aromatic rings. The predicted octanol–water partition coefficient (Wildman–Crippen LogP) is 2.73. The first kappa shape index (κ1) is 30.7. The second-order valence-electron chi connectivity index (χ2n) is 11.0. The van der Waals surface area contributed by atoms with Crippen LogP contribution in [0.1, 0.15) is 57.7 Å². The number of anilines is 1. The molecule has 2 aliphatic rings. The molecule has 0 atom stereocenters. The SMILES string of the molecule is CCc1cc(NC(=O)c2ncc(-c3c(C(F)(F)F)n[nH]c3CC#N)n2C)ccc1C(=O)N1CCN(C(=O)C2CC(N)C2)CC1. The highest BCUT2D eigenvalue weighted by Crippen LogP contribution is 2.38. The summed E-state index contributed by atoms with van der Waals surface area (Å²) in [5, 5.41) is 17.4. The van der Waals surface area contributed by atoms with Gasteiger partial charge in [-0.2, -0.15) is 23.5 Å². The Labute approximate surface area is 251 Å². The van der Waals surface area contributed by atoms with Crippen LogP contribution in [0.2, 0.25) is 0 Å². The highest BCUT2D eigenvalue weighted by Gasteiger charge is 2.40. The van der Waals surface area contributed by atoms with Crippen molar-refractivity contribution in [3.63, 3.8) is 0 Å². The summed E-state index contributed by atoms with van der Waals surface area (Å²) in [6.07, 6.45) is -2.11. The molecule has 1 aliphatic heterocycles. The third-order valence-corrected chi connectivity index (χ3v) is 8.19. The molecule has 2 fully saturated rings. The molecular weight excluding hydrogens is 579 g/mol. The van der Waals surface area contributed by atoms with Gasteiger partial charge in [0, 0.05) is 56.4 Å². The van der Waals surface area contributed by atoms with Gasteiger partial charge in [-0.15, -0.1) is 0 Å². The number of imidazole rings is 1. The van der Waals surface area contributed by atoms with Gasteiger partial charge in [0.2, 0.25) is 5.91 Å². The number of nitriles is 1. The molecule has 15 heteroatoms. The second kappa shape index (κ2) is 12.1. The summed E-state index contributed by atoms with van der Waals surface area (Å²) in [6.45, 7) is 3.62. The number of halogens is 3. The normalized spacial score (nSPS) is 18.5. The van der Waals surface area contributed by atoms with Crippen molar-refractivity contribution in [1.82, 2.24) is 29.5 Å². The Morgan fingerprint density at radius 2 is 1.84 bits per heavy atom. The summed E-state index contributed by atoms with van der Waals surface area (Å²) in [7, 11) is 1.40. The third-order valence-electron chi connectivity index (χ3n) is 8.19. The molecule has 3 amide bonds. The smallest absolute Gasteiger partial charge is 0.339 e. The first-order chi connectivity index (χ1) is 20.9. The van der Waals surface area contributed by atoms with Gasteiger partial charge >= 0.3 is 6.18 Å². The predicted molar refractivity (Wildman–Crippen MR) is 152 cm³/mol. The minimum atomic E-state index is -4.79. The summed E-state index contributed by atoms with van der Waals surface area (Å²) in [6, 6.07) is 6.78. The molecule has 0 spiro atoms. The van der Waals surface area contributed by atoms with Gasteiger partial charge in [-0.3, -0.25) is 19.5 Å². The number of nitrogens with one attached hydrogen (secondary N) is 2. The molecular formula is C29H32F3N9O3. The van der Waals surface area contributed by atoms with E-state index < -0.39 is 17.8 Å². The van der Waals surface area contributed by atoms with Crippen LogP contribution in [0.25, 0.3) is 11.3 Å². The third kappa shape index (κ3) is 5.89. The number of amides is 3. The fraction of sp³-hybridized carbons (Fsp3) is 0.448. The fourth-order valence-corrected chi connectivity index (χ4v) is 5.70. The van der Waals surface area contributed by atoms with Crippen LogP contribution in [0, 0.1) is 17.2 Å². The van der Waals surface area contributed by atoms with E-state index in [4.69, 9.17) is 11.0 Å². The van der Waals surface area contributed by atoms with Crippen LogP contribution >= 0.6 is 0 Å². The van der Waals surface area contributed by atoms with E-state index in [9.17, 15) is 27.6 Å². The lowest BCUT2D eigenvalue weighted by Gasteiger charge is -2.40. The molecule has 3 heterocycles. The number of aromatic nitrogens is 4. The number of nitrogens with zero attached hydrogens (tertiary/aromatic N) is 6. The van der Waals surface area contributed by atoms with Crippen molar-refractivity contribution >= 4 is 23.4 Å². The summed E-state index contributed by atoms with van der Waals surface area (Å²) < 4.78 is 42.1. The molecule has 4 N–H and O–H groups in total. The Morgan fingerprint density at radius 1 is 1.16 bits per heavy atom. The lowest BCUT2D eigenvalue weighted by molar-refractivity contribution is -0.141. The lowest BCUT2D eigenvalue weighted by atomic mass is 9.80. The number of nitrogens with two attached hydrogens (primary N) is 1. The van der Waals surface area contributed by atoms with Gasteiger partial charge < -0.3 is 25.4 Å². The number of carbonyl (C=O) groups is 3. The maximum atomic E-state index is 13.6. The average molecular weight is 612 g/mol. The van der Waals surface area contributed by atoms with Gasteiger partial charge in [-0.05, 0) is 43.0 Å². The molecule has 1 saturated carbocycles. The Hall–Kier alpha value is -4.71. The van der Waals surface area contributed by atoms with Crippen molar-refractivity contribution in [2.24, 2.45) is 18.7 Å². The van der Waals surface area contributed by atoms with Crippen molar-refractivity contribution in [3.8, 4) is 17.3 Å². The van der Waals surface area contributed by atoms with Crippen LogP contribution in [-0.4, -0.2) is 79.5 Å².